The molecule has 86 valence electrons. The van der Waals surface area contributed by atoms with Crippen LogP contribution in [0.3, 0.4) is 0 Å². The molecule has 0 aromatic heterocycles. The molecule has 0 bridgehead atoms. The Balaban J connectivity index is 2.60. The number of carboxylic acids is 1. The third-order valence-corrected chi connectivity index (χ3v) is 2.77. The van der Waals surface area contributed by atoms with E-state index in [0.29, 0.717) is 5.56 Å². The van der Waals surface area contributed by atoms with Crippen molar-refractivity contribution in [1.82, 2.24) is 0 Å². The van der Waals surface area contributed by atoms with Crippen LogP contribution in [0.15, 0.2) is 42.5 Å². The largest absolute Gasteiger partial charge is 0.478 e. The van der Waals surface area contributed by atoms with Gasteiger partial charge in [-0.15, -0.1) is 0 Å². The molecule has 2 aromatic carbocycles. The highest BCUT2D eigenvalue weighted by atomic mass is 16.4. The van der Waals surface area contributed by atoms with E-state index in [1.54, 1.807) is 6.07 Å². The van der Waals surface area contributed by atoms with E-state index in [9.17, 15) is 9.90 Å². The van der Waals surface area contributed by atoms with Gasteiger partial charge in [0, 0.05) is 0 Å². The van der Waals surface area contributed by atoms with E-state index in [1.165, 1.54) is 5.56 Å². The molecule has 0 radical (unpaired) electrons. The Kier molecular flexibility index (Phi) is 2.96. The van der Waals surface area contributed by atoms with Crippen LogP contribution in [0.5, 0.6) is 0 Å². The summed E-state index contributed by atoms with van der Waals surface area (Å²) in [5, 5.41) is 9.17. The Bertz CT molecular complexity index is 554. The first-order valence-electron chi connectivity index (χ1n) is 5.49. The van der Waals surface area contributed by atoms with E-state index >= 15 is 0 Å². The molecule has 2 heteroatoms. The first-order chi connectivity index (χ1) is 8.08. The number of aromatic carboxylic acids is 1. The number of aryl methyl sites for hydroxylation is 2. The second-order valence-electron chi connectivity index (χ2n) is 4.22. The van der Waals surface area contributed by atoms with Gasteiger partial charge in [-0.05, 0) is 31.0 Å². The molecule has 0 aliphatic heterocycles. The summed E-state index contributed by atoms with van der Waals surface area (Å²) in [7, 11) is 0. The average Bonchev–Trinajstić information content (AvgIpc) is 2.29. The van der Waals surface area contributed by atoms with Gasteiger partial charge < -0.3 is 5.11 Å². The predicted molar refractivity (Wildman–Crippen MR) is 68.3 cm³/mol. The molecule has 0 aliphatic carbocycles. The number of rotatable bonds is 2. The number of carboxylic acid groups (broad SMARTS) is 1. The van der Waals surface area contributed by atoms with Crippen molar-refractivity contribution in [2.45, 2.75) is 13.8 Å². The van der Waals surface area contributed by atoms with Gasteiger partial charge in [0.05, 0.1) is 5.56 Å². The van der Waals surface area contributed by atoms with Gasteiger partial charge in [0.1, 0.15) is 0 Å². The van der Waals surface area contributed by atoms with Crippen molar-refractivity contribution in [2.75, 3.05) is 0 Å². The first kappa shape index (κ1) is 11.4. The highest BCUT2D eigenvalue weighted by Gasteiger charge is 2.11. The number of hydrogen-bond acceptors (Lipinski definition) is 1. The van der Waals surface area contributed by atoms with Crippen LogP contribution in [0.1, 0.15) is 21.5 Å². The minimum atomic E-state index is -0.888. The molecule has 0 amide bonds. The van der Waals surface area contributed by atoms with Gasteiger partial charge in [-0.25, -0.2) is 4.79 Å². The fourth-order valence-electron chi connectivity index (χ4n) is 1.82. The summed E-state index contributed by atoms with van der Waals surface area (Å²) >= 11 is 0. The highest BCUT2D eigenvalue weighted by molar-refractivity contribution is 5.96. The topological polar surface area (TPSA) is 37.3 Å². The SMILES string of the molecule is Cc1ccc(-c2cc(C)ccc2C(=O)O)cc1. The zero-order chi connectivity index (χ0) is 12.4. The van der Waals surface area contributed by atoms with Crippen LogP contribution in [0.4, 0.5) is 0 Å². The normalized spacial score (nSPS) is 10.2. The molecule has 0 unspecified atom stereocenters. The van der Waals surface area contributed by atoms with Crippen LogP contribution in [0.2, 0.25) is 0 Å². The van der Waals surface area contributed by atoms with Gasteiger partial charge in [-0.2, -0.15) is 0 Å². The smallest absolute Gasteiger partial charge is 0.336 e. The van der Waals surface area contributed by atoms with Crippen molar-refractivity contribution < 1.29 is 9.90 Å². The quantitative estimate of drug-likeness (QED) is 0.848. The zero-order valence-electron chi connectivity index (χ0n) is 9.90. The lowest BCUT2D eigenvalue weighted by Crippen LogP contribution is -1.99. The first-order valence-corrected chi connectivity index (χ1v) is 5.49. The molecule has 0 spiro atoms. The summed E-state index contributed by atoms with van der Waals surface area (Å²) in [5.74, 6) is -0.888. The third-order valence-electron chi connectivity index (χ3n) is 2.77. The van der Waals surface area contributed by atoms with Gasteiger partial charge in [0.15, 0.2) is 0 Å². The van der Waals surface area contributed by atoms with Crippen molar-refractivity contribution in [3.63, 3.8) is 0 Å². The second-order valence-corrected chi connectivity index (χ2v) is 4.22. The van der Waals surface area contributed by atoms with Gasteiger partial charge in [0.25, 0.3) is 0 Å². The van der Waals surface area contributed by atoms with Crippen LogP contribution in [-0.4, -0.2) is 11.1 Å². The molecular formula is C15H14O2. The molecule has 2 rings (SSSR count). The molecule has 0 saturated heterocycles. The summed E-state index contributed by atoms with van der Waals surface area (Å²) in [4.78, 5) is 11.2. The molecule has 0 heterocycles. The molecular weight excluding hydrogens is 212 g/mol. The summed E-state index contributed by atoms with van der Waals surface area (Å²) < 4.78 is 0. The van der Waals surface area contributed by atoms with E-state index in [-0.39, 0.29) is 0 Å². The van der Waals surface area contributed by atoms with E-state index < -0.39 is 5.97 Å². The Morgan fingerprint density at radius 2 is 1.53 bits per heavy atom. The molecule has 0 saturated carbocycles. The van der Waals surface area contributed by atoms with Crippen LogP contribution >= 0.6 is 0 Å². The molecule has 0 fully saturated rings. The molecule has 17 heavy (non-hydrogen) atoms. The molecule has 2 nitrogen and oxygen atoms in total. The zero-order valence-corrected chi connectivity index (χ0v) is 9.90. The van der Waals surface area contributed by atoms with Crippen molar-refractivity contribution in [1.29, 1.82) is 0 Å². The van der Waals surface area contributed by atoms with Gasteiger partial charge in [-0.1, -0.05) is 47.5 Å². The van der Waals surface area contributed by atoms with Crippen LogP contribution in [-0.2, 0) is 0 Å². The Morgan fingerprint density at radius 1 is 0.941 bits per heavy atom. The third kappa shape index (κ3) is 2.36. The Hall–Kier alpha value is -2.09. The van der Waals surface area contributed by atoms with Crippen LogP contribution < -0.4 is 0 Å². The Labute approximate surface area is 101 Å². The molecule has 0 aliphatic rings. The van der Waals surface area contributed by atoms with Crippen molar-refractivity contribution >= 4 is 5.97 Å². The second kappa shape index (κ2) is 4.42. The maximum Gasteiger partial charge on any atom is 0.336 e. The number of hydrogen-bond donors (Lipinski definition) is 1. The van der Waals surface area contributed by atoms with Gasteiger partial charge in [0.2, 0.25) is 0 Å². The fourth-order valence-corrected chi connectivity index (χ4v) is 1.82. The van der Waals surface area contributed by atoms with Crippen molar-refractivity contribution in [3.8, 4) is 11.1 Å². The Morgan fingerprint density at radius 3 is 2.12 bits per heavy atom. The van der Waals surface area contributed by atoms with E-state index in [4.69, 9.17) is 0 Å². The monoisotopic (exact) mass is 226 g/mol. The van der Waals surface area contributed by atoms with Crippen molar-refractivity contribution in [2.24, 2.45) is 0 Å². The minimum Gasteiger partial charge on any atom is -0.478 e. The van der Waals surface area contributed by atoms with Crippen LogP contribution in [0, 0.1) is 13.8 Å². The lowest BCUT2D eigenvalue weighted by atomic mass is 9.97. The summed E-state index contributed by atoms with van der Waals surface area (Å²) in [5.41, 5.74) is 4.29. The number of benzene rings is 2. The predicted octanol–water partition coefficient (Wildman–Crippen LogP) is 3.67. The number of carbonyl (C=O) groups is 1. The fraction of sp³-hybridized carbons (Fsp3) is 0.133. The summed E-state index contributed by atoms with van der Waals surface area (Å²) in [6.07, 6.45) is 0. The van der Waals surface area contributed by atoms with Crippen molar-refractivity contribution in [3.05, 3.63) is 59.2 Å². The van der Waals surface area contributed by atoms with E-state index in [0.717, 1.165) is 16.7 Å². The lowest BCUT2D eigenvalue weighted by Gasteiger charge is -2.08. The van der Waals surface area contributed by atoms with Gasteiger partial charge in [-0.3, -0.25) is 0 Å². The maximum absolute atomic E-state index is 11.2. The maximum atomic E-state index is 11.2. The molecule has 0 atom stereocenters. The minimum absolute atomic E-state index is 0.347. The standard InChI is InChI=1S/C15H14O2/c1-10-3-6-12(7-4-10)14-9-11(2)5-8-13(14)15(16)17/h3-9H,1-2H3,(H,16,17). The summed E-state index contributed by atoms with van der Waals surface area (Å²) in [6, 6.07) is 13.3. The molecule has 2 aromatic rings. The highest BCUT2D eigenvalue weighted by Crippen LogP contribution is 2.25. The summed E-state index contributed by atoms with van der Waals surface area (Å²) in [6.45, 7) is 3.97. The van der Waals surface area contributed by atoms with Crippen LogP contribution in [0.25, 0.3) is 11.1 Å². The van der Waals surface area contributed by atoms with E-state index in [1.807, 2.05) is 50.2 Å². The molecule has 1 N–H and O–H groups in total. The van der Waals surface area contributed by atoms with E-state index in [2.05, 4.69) is 0 Å². The lowest BCUT2D eigenvalue weighted by molar-refractivity contribution is 0.0698. The van der Waals surface area contributed by atoms with Gasteiger partial charge >= 0.3 is 5.97 Å². The average molecular weight is 226 g/mol.